The highest BCUT2D eigenvalue weighted by atomic mass is 35.5. The van der Waals surface area contributed by atoms with Gasteiger partial charge in [-0.1, -0.05) is 68.7 Å². The maximum atomic E-state index is 6.07. The zero-order valence-corrected chi connectivity index (χ0v) is 12.7. The van der Waals surface area contributed by atoms with Crippen molar-refractivity contribution in [3.63, 3.8) is 0 Å². The molecule has 0 fully saturated rings. The van der Waals surface area contributed by atoms with E-state index in [2.05, 4.69) is 12.2 Å². The zero-order valence-electron chi connectivity index (χ0n) is 11.1. The standard InChI is InChI=1S/C15H23Cl2N/c1-2-3-4-5-6-7-8-11-18-15-12-13(16)9-10-14(15)17/h9-10,12,18H,2-8,11H2,1H3. The van der Waals surface area contributed by atoms with Crippen LogP contribution in [0.15, 0.2) is 18.2 Å². The predicted molar refractivity (Wildman–Crippen MR) is 82.9 cm³/mol. The van der Waals surface area contributed by atoms with Gasteiger partial charge in [-0.3, -0.25) is 0 Å². The second-order valence-electron chi connectivity index (χ2n) is 4.67. The lowest BCUT2D eigenvalue weighted by molar-refractivity contribution is 0.596. The lowest BCUT2D eigenvalue weighted by atomic mass is 10.1. The number of hydrogen-bond donors (Lipinski definition) is 1. The first-order valence-corrected chi connectivity index (χ1v) is 7.68. The molecule has 0 unspecified atom stereocenters. The molecule has 1 aromatic carbocycles. The molecule has 0 spiro atoms. The van der Waals surface area contributed by atoms with Gasteiger partial charge >= 0.3 is 0 Å². The van der Waals surface area contributed by atoms with Crippen LogP contribution in [0.4, 0.5) is 5.69 Å². The third-order valence-corrected chi connectivity index (χ3v) is 3.59. The van der Waals surface area contributed by atoms with Gasteiger partial charge < -0.3 is 5.32 Å². The number of benzene rings is 1. The Morgan fingerprint density at radius 1 is 0.944 bits per heavy atom. The monoisotopic (exact) mass is 287 g/mol. The molecular weight excluding hydrogens is 265 g/mol. The lowest BCUT2D eigenvalue weighted by Crippen LogP contribution is -2.01. The van der Waals surface area contributed by atoms with Crippen molar-refractivity contribution >= 4 is 28.9 Å². The minimum absolute atomic E-state index is 0.724. The van der Waals surface area contributed by atoms with Crippen molar-refractivity contribution in [1.82, 2.24) is 0 Å². The van der Waals surface area contributed by atoms with Gasteiger partial charge in [-0.15, -0.1) is 0 Å². The van der Waals surface area contributed by atoms with E-state index in [-0.39, 0.29) is 0 Å². The Labute approximate surface area is 121 Å². The van der Waals surface area contributed by atoms with Gasteiger partial charge in [0.1, 0.15) is 0 Å². The highest BCUT2D eigenvalue weighted by molar-refractivity contribution is 6.35. The lowest BCUT2D eigenvalue weighted by Gasteiger charge is -2.08. The first-order valence-electron chi connectivity index (χ1n) is 6.93. The molecule has 102 valence electrons. The van der Waals surface area contributed by atoms with Crippen molar-refractivity contribution in [3.8, 4) is 0 Å². The van der Waals surface area contributed by atoms with E-state index < -0.39 is 0 Å². The minimum Gasteiger partial charge on any atom is -0.384 e. The van der Waals surface area contributed by atoms with Crippen LogP contribution in [0, 0.1) is 0 Å². The molecule has 0 heterocycles. The number of nitrogens with one attached hydrogen (secondary N) is 1. The van der Waals surface area contributed by atoms with Crippen molar-refractivity contribution in [1.29, 1.82) is 0 Å². The molecule has 1 aromatic rings. The highest BCUT2D eigenvalue weighted by Crippen LogP contribution is 2.25. The van der Waals surface area contributed by atoms with Crippen LogP contribution in [0.5, 0.6) is 0 Å². The van der Waals surface area contributed by atoms with Crippen molar-refractivity contribution in [3.05, 3.63) is 28.2 Å². The highest BCUT2D eigenvalue weighted by Gasteiger charge is 2.00. The number of unbranched alkanes of at least 4 members (excludes halogenated alkanes) is 6. The Kier molecular flexibility index (Phi) is 8.28. The van der Waals surface area contributed by atoms with Gasteiger partial charge in [0, 0.05) is 11.6 Å². The molecule has 0 aliphatic heterocycles. The summed E-state index contributed by atoms with van der Waals surface area (Å²) in [5.41, 5.74) is 0.940. The molecule has 18 heavy (non-hydrogen) atoms. The molecule has 1 rings (SSSR count). The van der Waals surface area contributed by atoms with Gasteiger partial charge in [0.2, 0.25) is 0 Å². The van der Waals surface area contributed by atoms with Crippen molar-refractivity contribution < 1.29 is 0 Å². The zero-order chi connectivity index (χ0) is 13.2. The van der Waals surface area contributed by atoms with Crippen LogP contribution in [-0.2, 0) is 0 Å². The van der Waals surface area contributed by atoms with Crippen LogP contribution >= 0.6 is 23.2 Å². The molecule has 1 N–H and O–H groups in total. The van der Waals surface area contributed by atoms with E-state index in [4.69, 9.17) is 23.2 Å². The van der Waals surface area contributed by atoms with Gasteiger partial charge in [0.15, 0.2) is 0 Å². The third kappa shape index (κ3) is 6.51. The SMILES string of the molecule is CCCCCCCCCNc1cc(Cl)ccc1Cl. The van der Waals surface area contributed by atoms with Crippen molar-refractivity contribution in [2.24, 2.45) is 0 Å². The second kappa shape index (κ2) is 9.52. The van der Waals surface area contributed by atoms with Crippen molar-refractivity contribution in [2.45, 2.75) is 51.9 Å². The Hall–Kier alpha value is -0.400. The molecule has 1 nitrogen and oxygen atoms in total. The summed E-state index contributed by atoms with van der Waals surface area (Å²) < 4.78 is 0. The molecule has 3 heteroatoms. The molecule has 0 saturated carbocycles. The molecule has 0 aliphatic carbocycles. The number of halogens is 2. The first-order chi connectivity index (χ1) is 8.74. The molecule has 0 radical (unpaired) electrons. The summed E-state index contributed by atoms with van der Waals surface area (Å²) in [5, 5.41) is 4.80. The van der Waals surface area contributed by atoms with Crippen LogP contribution in [-0.4, -0.2) is 6.54 Å². The van der Waals surface area contributed by atoms with E-state index in [0.717, 1.165) is 22.3 Å². The van der Waals surface area contributed by atoms with E-state index in [0.29, 0.717) is 0 Å². The number of anilines is 1. The van der Waals surface area contributed by atoms with E-state index in [1.165, 1.54) is 44.9 Å². The molecule has 0 bridgehead atoms. The summed E-state index contributed by atoms with van der Waals surface area (Å²) >= 11 is 12.0. The minimum atomic E-state index is 0.724. The summed E-state index contributed by atoms with van der Waals surface area (Å²) in [6, 6.07) is 5.52. The smallest absolute Gasteiger partial charge is 0.0638 e. The Bertz CT molecular complexity index is 339. The van der Waals surface area contributed by atoms with E-state index in [9.17, 15) is 0 Å². The van der Waals surface area contributed by atoms with E-state index >= 15 is 0 Å². The van der Waals surface area contributed by atoms with E-state index in [1.807, 2.05) is 18.2 Å². The molecule has 0 amide bonds. The molecule has 0 aliphatic rings. The first kappa shape index (κ1) is 15.7. The molecule has 0 aromatic heterocycles. The van der Waals surface area contributed by atoms with Crippen LogP contribution in [0.1, 0.15) is 51.9 Å². The third-order valence-electron chi connectivity index (χ3n) is 3.02. The summed E-state index contributed by atoms with van der Waals surface area (Å²) in [6.45, 7) is 3.21. The average molecular weight is 288 g/mol. The van der Waals surface area contributed by atoms with Gasteiger partial charge in [0.05, 0.1) is 10.7 Å². The fourth-order valence-electron chi connectivity index (χ4n) is 1.94. The number of rotatable bonds is 9. The fourth-order valence-corrected chi connectivity index (χ4v) is 2.29. The maximum absolute atomic E-state index is 6.07. The normalized spacial score (nSPS) is 10.6. The van der Waals surface area contributed by atoms with Gasteiger partial charge in [-0.25, -0.2) is 0 Å². The van der Waals surface area contributed by atoms with Gasteiger partial charge in [0.25, 0.3) is 0 Å². The van der Waals surface area contributed by atoms with E-state index in [1.54, 1.807) is 0 Å². The predicted octanol–water partition coefficient (Wildman–Crippen LogP) is 6.16. The van der Waals surface area contributed by atoms with Gasteiger partial charge in [-0.2, -0.15) is 0 Å². The summed E-state index contributed by atoms with van der Waals surface area (Å²) in [6.07, 6.45) is 9.25. The largest absolute Gasteiger partial charge is 0.384 e. The van der Waals surface area contributed by atoms with Gasteiger partial charge in [-0.05, 0) is 24.6 Å². The summed E-state index contributed by atoms with van der Waals surface area (Å²) in [4.78, 5) is 0. The second-order valence-corrected chi connectivity index (χ2v) is 5.52. The fraction of sp³-hybridized carbons (Fsp3) is 0.600. The topological polar surface area (TPSA) is 12.0 Å². The molecular formula is C15H23Cl2N. The van der Waals surface area contributed by atoms with Crippen LogP contribution < -0.4 is 5.32 Å². The van der Waals surface area contributed by atoms with Crippen LogP contribution in [0.25, 0.3) is 0 Å². The Morgan fingerprint density at radius 3 is 2.33 bits per heavy atom. The summed E-state index contributed by atoms with van der Waals surface area (Å²) in [5.74, 6) is 0. The maximum Gasteiger partial charge on any atom is 0.0638 e. The quantitative estimate of drug-likeness (QED) is 0.537. The van der Waals surface area contributed by atoms with Crippen molar-refractivity contribution in [2.75, 3.05) is 11.9 Å². The van der Waals surface area contributed by atoms with Crippen LogP contribution in [0.2, 0.25) is 10.0 Å². The van der Waals surface area contributed by atoms with Crippen LogP contribution in [0.3, 0.4) is 0 Å². The Morgan fingerprint density at radius 2 is 1.61 bits per heavy atom. The summed E-state index contributed by atoms with van der Waals surface area (Å²) in [7, 11) is 0. The average Bonchev–Trinajstić information content (AvgIpc) is 2.36. The molecule has 0 saturated heterocycles. The Balaban J connectivity index is 2.09. The number of hydrogen-bond acceptors (Lipinski definition) is 1. The molecule has 0 atom stereocenters.